The Bertz CT molecular complexity index is 720. The lowest BCUT2D eigenvalue weighted by atomic mass is 10.1. The molecular formula is C26H39N3O. The van der Waals surface area contributed by atoms with Gasteiger partial charge in [0.15, 0.2) is 5.75 Å². The Balaban J connectivity index is 0.00000150. The number of benzene rings is 1. The van der Waals surface area contributed by atoms with Gasteiger partial charge in [-0.1, -0.05) is 76.8 Å². The Kier molecular flexibility index (Phi) is 16.4. The predicted octanol–water partition coefficient (Wildman–Crippen LogP) is 7.10. The first-order valence-corrected chi connectivity index (χ1v) is 10.8. The number of rotatable bonds is 12. The summed E-state index contributed by atoms with van der Waals surface area (Å²) < 4.78 is 0. The van der Waals surface area contributed by atoms with Gasteiger partial charge in [0, 0.05) is 17.6 Å². The van der Waals surface area contributed by atoms with Crippen molar-refractivity contribution in [1.29, 1.82) is 5.26 Å². The van der Waals surface area contributed by atoms with E-state index in [4.69, 9.17) is 10.1 Å². The number of unbranched alkanes of at least 4 members (excludes halogenated alkanes) is 2. The fraction of sp³-hybridized carbons (Fsp3) is 0.423. The molecule has 4 nitrogen and oxygen atoms in total. The molecule has 0 bridgehead atoms. The predicted molar refractivity (Wildman–Crippen MR) is 129 cm³/mol. The van der Waals surface area contributed by atoms with Crippen LogP contribution >= 0.6 is 0 Å². The first kappa shape index (κ1) is 27.1. The molecule has 0 aliphatic heterocycles. The highest BCUT2D eigenvalue weighted by molar-refractivity contribution is 5.29. The van der Waals surface area contributed by atoms with Crippen LogP contribution in [0, 0.1) is 11.3 Å². The van der Waals surface area contributed by atoms with Crippen molar-refractivity contribution in [2.75, 3.05) is 0 Å². The minimum atomic E-state index is 0.403. The van der Waals surface area contributed by atoms with Crippen molar-refractivity contribution in [3.05, 3.63) is 77.8 Å². The van der Waals surface area contributed by atoms with Gasteiger partial charge in [0.1, 0.15) is 0 Å². The maximum atomic E-state index is 8.65. The number of nitrogens with zero attached hydrogens (tertiary/aromatic N) is 1. The van der Waals surface area contributed by atoms with Gasteiger partial charge in [-0.2, -0.15) is 5.26 Å². The van der Waals surface area contributed by atoms with Crippen LogP contribution < -0.4 is 15.6 Å². The topological polar surface area (TPSA) is 57.1 Å². The van der Waals surface area contributed by atoms with Gasteiger partial charge < -0.3 is 10.2 Å². The normalized spacial score (nSPS) is 11.3. The molecule has 164 valence electrons. The van der Waals surface area contributed by atoms with Crippen molar-refractivity contribution in [3.63, 3.8) is 0 Å². The van der Waals surface area contributed by atoms with E-state index in [9.17, 15) is 0 Å². The maximum Gasteiger partial charge on any atom is 0.155 e. The van der Waals surface area contributed by atoms with E-state index in [0.717, 1.165) is 29.8 Å². The Hall–Kier alpha value is -2.93. The summed E-state index contributed by atoms with van der Waals surface area (Å²) in [6.07, 6.45) is 14.3. The van der Waals surface area contributed by atoms with Crippen molar-refractivity contribution in [3.8, 4) is 11.8 Å². The van der Waals surface area contributed by atoms with Gasteiger partial charge in [-0.25, -0.2) is 5.48 Å². The molecule has 0 heterocycles. The number of hydrogen-bond acceptors (Lipinski definition) is 4. The minimum Gasteiger partial charge on any atom is -0.383 e. The van der Waals surface area contributed by atoms with Crippen molar-refractivity contribution in [2.45, 2.75) is 73.1 Å². The number of hydroxylamine groups is 1. The van der Waals surface area contributed by atoms with E-state index in [1.54, 1.807) is 6.20 Å². The van der Waals surface area contributed by atoms with E-state index in [2.05, 4.69) is 57.2 Å². The lowest BCUT2D eigenvalue weighted by Crippen LogP contribution is -2.13. The summed E-state index contributed by atoms with van der Waals surface area (Å²) in [4.78, 5) is 5.43. The van der Waals surface area contributed by atoms with Gasteiger partial charge in [0.05, 0.1) is 12.5 Å². The van der Waals surface area contributed by atoms with E-state index < -0.39 is 0 Å². The molecule has 30 heavy (non-hydrogen) atoms. The third-order valence-electron chi connectivity index (χ3n) is 4.10. The molecule has 0 atom stereocenters. The van der Waals surface area contributed by atoms with Gasteiger partial charge in [0.25, 0.3) is 0 Å². The van der Waals surface area contributed by atoms with Crippen LogP contribution in [-0.2, 0) is 6.42 Å². The summed E-state index contributed by atoms with van der Waals surface area (Å²) in [5.41, 5.74) is 6.84. The van der Waals surface area contributed by atoms with Crippen LogP contribution in [0.5, 0.6) is 5.75 Å². The number of nitriles is 1. The number of allylic oxidation sites excluding steroid dienone is 4. The highest BCUT2D eigenvalue weighted by Crippen LogP contribution is 2.11. The Labute approximate surface area is 184 Å². The molecule has 1 aromatic rings. The van der Waals surface area contributed by atoms with E-state index in [0.29, 0.717) is 12.2 Å². The molecule has 0 saturated heterocycles. The zero-order chi connectivity index (χ0) is 22.6. The molecule has 0 radical (unpaired) electrons. The number of nitrogens with one attached hydrogen (secondary N) is 2. The fourth-order valence-corrected chi connectivity index (χ4v) is 2.54. The third kappa shape index (κ3) is 14.1. The zero-order valence-electron chi connectivity index (χ0n) is 19.4. The summed E-state index contributed by atoms with van der Waals surface area (Å²) in [5, 5.41) is 11.9. The quantitative estimate of drug-likeness (QED) is 0.285. The third-order valence-corrected chi connectivity index (χ3v) is 4.10. The van der Waals surface area contributed by atoms with Gasteiger partial charge in [-0.05, 0) is 50.1 Å². The molecule has 0 fully saturated rings. The largest absolute Gasteiger partial charge is 0.383 e. The van der Waals surface area contributed by atoms with Crippen LogP contribution in [0.2, 0.25) is 0 Å². The Morgan fingerprint density at radius 2 is 1.80 bits per heavy atom. The molecule has 1 aromatic carbocycles. The molecule has 4 heteroatoms. The standard InChI is InChI=1S/C21H27N3O.C5H12/c1-5-7-17(3)16-18(4)24-20(6-2)13-15-23-25-21-10-8-19(9-11-21)12-14-22;1-3-5-4-2/h6,8-11,13,15-16,23-24H,4-5,7,12H2,1-3H3;3-5H2,1-2H3/b15-13-,17-16+,20-6+;. The summed E-state index contributed by atoms with van der Waals surface area (Å²) in [6.45, 7) is 14.7. The molecule has 0 saturated carbocycles. The minimum absolute atomic E-state index is 0.403. The lowest BCUT2D eigenvalue weighted by Gasteiger charge is -2.09. The van der Waals surface area contributed by atoms with Gasteiger partial charge >= 0.3 is 0 Å². The average Bonchev–Trinajstić information content (AvgIpc) is 2.72. The summed E-state index contributed by atoms with van der Waals surface area (Å²) in [5.74, 6) is 0.684. The summed E-state index contributed by atoms with van der Waals surface area (Å²) >= 11 is 0. The molecular weight excluding hydrogens is 370 g/mol. The number of hydrogen-bond donors (Lipinski definition) is 2. The molecule has 0 aliphatic rings. The van der Waals surface area contributed by atoms with Crippen LogP contribution in [0.3, 0.4) is 0 Å². The molecule has 0 spiro atoms. The Morgan fingerprint density at radius 1 is 1.13 bits per heavy atom. The lowest BCUT2D eigenvalue weighted by molar-refractivity contribution is 0.243. The van der Waals surface area contributed by atoms with E-state index in [1.807, 2.05) is 43.3 Å². The molecule has 0 amide bonds. The molecule has 2 N–H and O–H groups in total. The fourth-order valence-electron chi connectivity index (χ4n) is 2.54. The SMILES string of the molecule is C=C(/C=C(\C)CCC)NC(/C=C\NOc1ccc(CC#N)cc1)=C/C.CCCCC. The molecule has 0 aromatic heterocycles. The van der Waals surface area contributed by atoms with E-state index in [-0.39, 0.29) is 0 Å². The van der Waals surface area contributed by atoms with Crippen molar-refractivity contribution in [1.82, 2.24) is 10.8 Å². The van der Waals surface area contributed by atoms with Crippen molar-refractivity contribution >= 4 is 0 Å². The van der Waals surface area contributed by atoms with Crippen LogP contribution in [-0.4, -0.2) is 0 Å². The summed E-state index contributed by atoms with van der Waals surface area (Å²) in [6, 6.07) is 9.51. The average molecular weight is 410 g/mol. The smallest absolute Gasteiger partial charge is 0.155 e. The van der Waals surface area contributed by atoms with Gasteiger partial charge in [-0.3, -0.25) is 0 Å². The van der Waals surface area contributed by atoms with Crippen LogP contribution in [0.15, 0.2) is 72.2 Å². The van der Waals surface area contributed by atoms with Gasteiger partial charge in [0.2, 0.25) is 0 Å². The van der Waals surface area contributed by atoms with Crippen LogP contribution in [0.25, 0.3) is 0 Å². The van der Waals surface area contributed by atoms with Crippen molar-refractivity contribution in [2.24, 2.45) is 0 Å². The van der Waals surface area contributed by atoms with Crippen LogP contribution in [0.1, 0.15) is 72.3 Å². The highest BCUT2D eigenvalue weighted by atomic mass is 16.6. The van der Waals surface area contributed by atoms with E-state index >= 15 is 0 Å². The molecule has 0 aliphatic carbocycles. The maximum absolute atomic E-state index is 8.65. The zero-order valence-corrected chi connectivity index (χ0v) is 19.4. The second kappa shape index (κ2) is 18.1. The first-order valence-electron chi connectivity index (χ1n) is 10.8. The van der Waals surface area contributed by atoms with Crippen LogP contribution in [0.4, 0.5) is 0 Å². The monoisotopic (exact) mass is 409 g/mol. The second-order valence-corrected chi connectivity index (χ2v) is 7.02. The highest BCUT2D eigenvalue weighted by Gasteiger charge is 1.96. The molecule has 1 rings (SSSR count). The Morgan fingerprint density at radius 3 is 2.30 bits per heavy atom. The second-order valence-electron chi connectivity index (χ2n) is 7.02. The summed E-state index contributed by atoms with van der Waals surface area (Å²) in [7, 11) is 0. The van der Waals surface area contributed by atoms with Crippen molar-refractivity contribution < 1.29 is 4.84 Å². The van der Waals surface area contributed by atoms with E-state index in [1.165, 1.54) is 24.8 Å². The van der Waals surface area contributed by atoms with Gasteiger partial charge in [-0.15, -0.1) is 0 Å². The molecule has 0 unspecified atom stereocenters. The first-order chi connectivity index (χ1) is 14.5.